The minimum absolute atomic E-state index is 0.0773. The molecule has 0 saturated carbocycles. The number of carboxylic acid groups (broad SMARTS) is 1. The Balaban J connectivity index is 2.53. The SMILES string of the molecule is Cc1ccc(NS(=O)(=O)c2cc(C(=O)O)cc(C)c2C)c(Cl)c1. The number of carbonyl (C=O) groups is 1. The third-order valence-electron chi connectivity index (χ3n) is 3.53. The third kappa shape index (κ3) is 3.65. The fourth-order valence-corrected chi connectivity index (χ4v) is 3.89. The minimum Gasteiger partial charge on any atom is -0.478 e. The molecule has 5 nitrogen and oxygen atoms in total. The number of anilines is 1. The Morgan fingerprint density at radius 3 is 2.35 bits per heavy atom. The lowest BCUT2D eigenvalue weighted by Crippen LogP contribution is -2.16. The molecule has 0 fully saturated rings. The number of sulfonamides is 1. The van der Waals surface area contributed by atoms with E-state index in [0.717, 1.165) is 11.6 Å². The van der Waals surface area contributed by atoms with Crippen molar-refractivity contribution in [1.82, 2.24) is 0 Å². The summed E-state index contributed by atoms with van der Waals surface area (Å²) in [5, 5.41) is 9.39. The average Bonchev–Trinajstić information content (AvgIpc) is 2.44. The number of aromatic carboxylic acids is 1. The molecule has 0 aliphatic carbocycles. The van der Waals surface area contributed by atoms with E-state index in [0.29, 0.717) is 11.1 Å². The van der Waals surface area contributed by atoms with Crippen molar-refractivity contribution >= 4 is 33.3 Å². The van der Waals surface area contributed by atoms with E-state index in [1.807, 2.05) is 6.92 Å². The molecule has 0 heterocycles. The normalized spacial score (nSPS) is 11.3. The van der Waals surface area contributed by atoms with Gasteiger partial charge in [-0.05, 0) is 61.7 Å². The molecular formula is C16H16ClNO4S. The molecule has 0 atom stereocenters. The maximum absolute atomic E-state index is 12.6. The molecule has 0 aromatic heterocycles. The quantitative estimate of drug-likeness (QED) is 0.876. The van der Waals surface area contributed by atoms with Crippen molar-refractivity contribution in [3.8, 4) is 0 Å². The maximum atomic E-state index is 12.6. The van der Waals surface area contributed by atoms with Gasteiger partial charge in [0.05, 0.1) is 21.2 Å². The number of hydrogen-bond donors (Lipinski definition) is 2. The zero-order valence-corrected chi connectivity index (χ0v) is 14.4. The van der Waals surface area contributed by atoms with E-state index in [2.05, 4.69) is 4.72 Å². The zero-order chi connectivity index (χ0) is 17.4. The molecule has 0 spiro atoms. The van der Waals surface area contributed by atoms with Crippen LogP contribution in [0.1, 0.15) is 27.0 Å². The topological polar surface area (TPSA) is 83.5 Å². The van der Waals surface area contributed by atoms with Gasteiger partial charge in [0.25, 0.3) is 10.0 Å². The van der Waals surface area contributed by atoms with E-state index in [-0.39, 0.29) is 21.2 Å². The monoisotopic (exact) mass is 353 g/mol. The second kappa shape index (κ2) is 6.22. The molecule has 122 valence electrons. The first-order valence-electron chi connectivity index (χ1n) is 6.75. The van der Waals surface area contributed by atoms with E-state index in [1.54, 1.807) is 32.0 Å². The highest BCUT2D eigenvalue weighted by atomic mass is 35.5. The van der Waals surface area contributed by atoms with Crippen LogP contribution >= 0.6 is 11.6 Å². The summed E-state index contributed by atoms with van der Waals surface area (Å²) in [4.78, 5) is 11.1. The number of halogens is 1. The van der Waals surface area contributed by atoms with Crippen LogP contribution in [0.15, 0.2) is 35.2 Å². The molecule has 2 N–H and O–H groups in total. The van der Waals surface area contributed by atoms with Gasteiger partial charge in [-0.2, -0.15) is 0 Å². The van der Waals surface area contributed by atoms with Crippen molar-refractivity contribution in [2.45, 2.75) is 25.7 Å². The first-order valence-corrected chi connectivity index (χ1v) is 8.61. The van der Waals surface area contributed by atoms with Crippen LogP contribution in [0.25, 0.3) is 0 Å². The molecule has 7 heteroatoms. The summed E-state index contributed by atoms with van der Waals surface area (Å²) in [5.74, 6) is -1.18. The Labute approximate surface area is 140 Å². The Bertz CT molecular complexity index is 891. The molecule has 0 radical (unpaired) electrons. The Kier molecular flexibility index (Phi) is 4.68. The maximum Gasteiger partial charge on any atom is 0.335 e. The van der Waals surface area contributed by atoms with Gasteiger partial charge in [0, 0.05) is 0 Å². The summed E-state index contributed by atoms with van der Waals surface area (Å²) in [6.07, 6.45) is 0. The highest BCUT2D eigenvalue weighted by molar-refractivity contribution is 7.92. The lowest BCUT2D eigenvalue weighted by atomic mass is 10.1. The van der Waals surface area contributed by atoms with Crippen molar-refractivity contribution in [3.05, 3.63) is 57.6 Å². The molecule has 0 amide bonds. The van der Waals surface area contributed by atoms with E-state index in [4.69, 9.17) is 16.7 Å². The van der Waals surface area contributed by atoms with Gasteiger partial charge in [-0.15, -0.1) is 0 Å². The number of nitrogens with one attached hydrogen (secondary N) is 1. The fourth-order valence-electron chi connectivity index (χ4n) is 2.13. The Morgan fingerprint density at radius 2 is 1.78 bits per heavy atom. The van der Waals surface area contributed by atoms with Gasteiger partial charge in [0.2, 0.25) is 0 Å². The summed E-state index contributed by atoms with van der Waals surface area (Å²) in [7, 11) is -3.96. The predicted molar refractivity (Wildman–Crippen MR) is 89.9 cm³/mol. The first kappa shape index (κ1) is 17.3. The molecule has 0 bridgehead atoms. The van der Waals surface area contributed by atoms with Crippen molar-refractivity contribution in [3.63, 3.8) is 0 Å². The van der Waals surface area contributed by atoms with Crippen LogP contribution in [-0.2, 0) is 10.0 Å². The third-order valence-corrected chi connectivity index (χ3v) is 5.33. The summed E-state index contributed by atoms with van der Waals surface area (Å²) >= 11 is 6.05. The van der Waals surface area contributed by atoms with Gasteiger partial charge < -0.3 is 5.11 Å². The van der Waals surface area contributed by atoms with Crippen LogP contribution in [0.2, 0.25) is 5.02 Å². The highest BCUT2D eigenvalue weighted by Gasteiger charge is 2.21. The lowest BCUT2D eigenvalue weighted by molar-refractivity contribution is 0.0696. The summed E-state index contributed by atoms with van der Waals surface area (Å²) in [5.41, 5.74) is 2.14. The van der Waals surface area contributed by atoms with E-state index in [1.165, 1.54) is 6.07 Å². The Morgan fingerprint density at radius 1 is 1.13 bits per heavy atom. The minimum atomic E-state index is -3.96. The number of rotatable bonds is 4. The zero-order valence-electron chi connectivity index (χ0n) is 12.8. The second-order valence-electron chi connectivity index (χ2n) is 5.31. The number of benzene rings is 2. The highest BCUT2D eigenvalue weighted by Crippen LogP contribution is 2.28. The number of aryl methyl sites for hydroxylation is 2. The second-order valence-corrected chi connectivity index (χ2v) is 7.37. The van der Waals surface area contributed by atoms with E-state index in [9.17, 15) is 13.2 Å². The van der Waals surface area contributed by atoms with Gasteiger partial charge in [-0.25, -0.2) is 13.2 Å². The fraction of sp³-hybridized carbons (Fsp3) is 0.188. The first-order chi connectivity index (χ1) is 10.6. The van der Waals surface area contributed by atoms with Crippen LogP contribution in [0.3, 0.4) is 0 Å². The van der Waals surface area contributed by atoms with Crippen molar-refractivity contribution in [2.75, 3.05) is 4.72 Å². The van der Waals surface area contributed by atoms with Crippen LogP contribution < -0.4 is 4.72 Å². The molecule has 2 rings (SSSR count). The van der Waals surface area contributed by atoms with Gasteiger partial charge in [0.1, 0.15) is 0 Å². The molecule has 0 saturated heterocycles. The number of hydrogen-bond acceptors (Lipinski definition) is 3. The molecule has 2 aromatic rings. The number of carboxylic acids is 1. The summed E-state index contributed by atoms with van der Waals surface area (Å²) in [6, 6.07) is 7.53. The van der Waals surface area contributed by atoms with Crippen LogP contribution in [-0.4, -0.2) is 19.5 Å². The predicted octanol–water partition coefficient (Wildman–Crippen LogP) is 3.76. The smallest absolute Gasteiger partial charge is 0.335 e. The van der Waals surface area contributed by atoms with Crippen LogP contribution in [0, 0.1) is 20.8 Å². The average molecular weight is 354 g/mol. The summed E-state index contributed by atoms with van der Waals surface area (Å²) in [6.45, 7) is 5.14. The van der Waals surface area contributed by atoms with Crippen molar-refractivity contribution < 1.29 is 18.3 Å². The van der Waals surface area contributed by atoms with E-state index < -0.39 is 16.0 Å². The van der Waals surface area contributed by atoms with Gasteiger partial charge in [-0.1, -0.05) is 17.7 Å². The van der Waals surface area contributed by atoms with Gasteiger partial charge >= 0.3 is 5.97 Å². The van der Waals surface area contributed by atoms with Crippen LogP contribution in [0.5, 0.6) is 0 Å². The summed E-state index contributed by atoms with van der Waals surface area (Å²) < 4.78 is 27.7. The van der Waals surface area contributed by atoms with Crippen LogP contribution in [0.4, 0.5) is 5.69 Å². The van der Waals surface area contributed by atoms with Gasteiger partial charge in [0.15, 0.2) is 0 Å². The van der Waals surface area contributed by atoms with Crippen molar-refractivity contribution in [2.24, 2.45) is 0 Å². The Hall–Kier alpha value is -2.05. The molecule has 0 aliphatic heterocycles. The van der Waals surface area contributed by atoms with Crippen molar-refractivity contribution in [1.29, 1.82) is 0 Å². The van der Waals surface area contributed by atoms with E-state index >= 15 is 0 Å². The largest absolute Gasteiger partial charge is 0.478 e. The molecule has 0 unspecified atom stereocenters. The lowest BCUT2D eigenvalue weighted by Gasteiger charge is -2.14. The molecule has 23 heavy (non-hydrogen) atoms. The standard InChI is InChI=1S/C16H16ClNO4S/c1-9-4-5-14(13(17)6-9)18-23(21,22)15-8-12(16(19)20)7-10(2)11(15)3/h4-8,18H,1-3H3,(H,19,20). The molecule has 2 aromatic carbocycles. The van der Waals surface area contributed by atoms with Gasteiger partial charge in [-0.3, -0.25) is 4.72 Å². The molecule has 0 aliphatic rings. The molecular weight excluding hydrogens is 338 g/mol.